The molecule has 1 rings (SSSR count). The molecule has 0 fully saturated rings. The molecule has 0 spiro atoms. The molecule has 82 valence electrons. The first-order valence-electron chi connectivity index (χ1n) is 3.60. The van der Waals surface area contributed by atoms with Gasteiger partial charge in [-0.1, -0.05) is 0 Å². The fourth-order valence-electron chi connectivity index (χ4n) is 0.968. The van der Waals surface area contributed by atoms with Crippen molar-refractivity contribution in [3.05, 3.63) is 22.4 Å². The van der Waals surface area contributed by atoms with E-state index >= 15 is 0 Å². The van der Waals surface area contributed by atoms with Crippen molar-refractivity contribution < 1.29 is 4.74 Å². The monoisotopic (exact) mass is 302 g/mol. The summed E-state index contributed by atoms with van der Waals surface area (Å²) in [5.41, 5.74) is 1.09. The standard InChI is InChI=1S/C8H11BrN2O.2ClH/c1-10-3-6-7(9)4-11-5-8(6)12-2;;/h4-5,10H,3H2,1-2H3;2*1H. The molecule has 0 aromatic carbocycles. The molecule has 0 saturated heterocycles. The molecule has 0 aliphatic heterocycles. The molecule has 0 saturated carbocycles. The van der Waals surface area contributed by atoms with Crippen LogP contribution in [0.1, 0.15) is 5.56 Å². The van der Waals surface area contributed by atoms with E-state index in [2.05, 4.69) is 26.2 Å². The summed E-state index contributed by atoms with van der Waals surface area (Å²) >= 11 is 3.41. The minimum atomic E-state index is 0. The molecule has 0 radical (unpaired) electrons. The van der Waals surface area contributed by atoms with Crippen molar-refractivity contribution in [1.82, 2.24) is 10.3 Å². The first-order chi connectivity index (χ1) is 5.79. The first kappa shape index (κ1) is 16.4. The van der Waals surface area contributed by atoms with E-state index in [9.17, 15) is 0 Å². The molecule has 6 heteroatoms. The molecule has 0 aliphatic carbocycles. The number of methoxy groups -OCH3 is 1. The van der Waals surface area contributed by atoms with Gasteiger partial charge in [0.05, 0.1) is 13.3 Å². The van der Waals surface area contributed by atoms with Crippen molar-refractivity contribution >= 4 is 40.7 Å². The molecule has 0 unspecified atom stereocenters. The van der Waals surface area contributed by atoms with Gasteiger partial charge in [0.15, 0.2) is 0 Å². The highest BCUT2D eigenvalue weighted by atomic mass is 79.9. The summed E-state index contributed by atoms with van der Waals surface area (Å²) in [5, 5.41) is 3.06. The Bertz CT molecular complexity index is 274. The Kier molecular flexibility index (Phi) is 9.72. The van der Waals surface area contributed by atoms with Crippen molar-refractivity contribution in [1.29, 1.82) is 0 Å². The summed E-state index contributed by atoms with van der Waals surface area (Å²) in [5.74, 6) is 0.804. The van der Waals surface area contributed by atoms with Gasteiger partial charge in [0.2, 0.25) is 0 Å². The van der Waals surface area contributed by atoms with E-state index < -0.39 is 0 Å². The van der Waals surface area contributed by atoms with Crippen LogP contribution in [0.4, 0.5) is 0 Å². The molecule has 1 aromatic rings. The van der Waals surface area contributed by atoms with Gasteiger partial charge in [-0.15, -0.1) is 24.8 Å². The van der Waals surface area contributed by atoms with Crippen LogP contribution in [0, 0.1) is 0 Å². The Labute approximate surface area is 105 Å². The lowest BCUT2D eigenvalue weighted by Gasteiger charge is -2.08. The third-order valence-corrected chi connectivity index (χ3v) is 2.22. The molecule has 14 heavy (non-hydrogen) atoms. The maximum Gasteiger partial charge on any atom is 0.142 e. The Morgan fingerprint density at radius 1 is 1.43 bits per heavy atom. The van der Waals surface area contributed by atoms with Crippen molar-refractivity contribution in [2.24, 2.45) is 0 Å². The Hall–Kier alpha value is -0.0300. The smallest absolute Gasteiger partial charge is 0.142 e. The molecular formula is C8H13BrCl2N2O. The molecule has 3 nitrogen and oxygen atoms in total. The minimum absolute atomic E-state index is 0. The van der Waals surface area contributed by atoms with Gasteiger partial charge >= 0.3 is 0 Å². The molecular weight excluding hydrogens is 291 g/mol. The summed E-state index contributed by atoms with van der Waals surface area (Å²) in [6.45, 7) is 0.770. The number of hydrogen-bond acceptors (Lipinski definition) is 3. The summed E-state index contributed by atoms with van der Waals surface area (Å²) in [4.78, 5) is 4.00. The molecule has 1 heterocycles. The van der Waals surface area contributed by atoms with E-state index in [1.54, 1.807) is 19.5 Å². The maximum atomic E-state index is 5.15. The average Bonchev–Trinajstić information content (AvgIpc) is 2.09. The van der Waals surface area contributed by atoms with Gasteiger partial charge in [0, 0.05) is 22.8 Å². The number of nitrogens with zero attached hydrogens (tertiary/aromatic N) is 1. The molecule has 0 atom stereocenters. The summed E-state index contributed by atoms with van der Waals surface area (Å²) < 4.78 is 6.11. The van der Waals surface area contributed by atoms with Crippen LogP contribution in [0.2, 0.25) is 0 Å². The molecule has 0 amide bonds. The van der Waals surface area contributed by atoms with E-state index in [-0.39, 0.29) is 24.8 Å². The van der Waals surface area contributed by atoms with Crippen molar-refractivity contribution in [2.45, 2.75) is 6.54 Å². The fraction of sp³-hybridized carbons (Fsp3) is 0.375. The lowest BCUT2D eigenvalue weighted by Crippen LogP contribution is -2.07. The zero-order chi connectivity index (χ0) is 8.97. The highest BCUT2D eigenvalue weighted by Gasteiger charge is 2.05. The van der Waals surface area contributed by atoms with E-state index in [1.807, 2.05) is 7.05 Å². The minimum Gasteiger partial charge on any atom is -0.495 e. The van der Waals surface area contributed by atoms with Gasteiger partial charge in [-0.3, -0.25) is 4.98 Å². The lowest BCUT2D eigenvalue weighted by molar-refractivity contribution is 0.406. The number of halogens is 3. The second-order valence-electron chi connectivity index (χ2n) is 2.33. The number of pyridine rings is 1. The molecule has 1 N–H and O–H groups in total. The predicted molar refractivity (Wildman–Crippen MR) is 65.7 cm³/mol. The van der Waals surface area contributed by atoms with Gasteiger partial charge < -0.3 is 10.1 Å². The van der Waals surface area contributed by atoms with Gasteiger partial charge in [0.1, 0.15) is 5.75 Å². The third kappa shape index (κ3) is 4.00. The average molecular weight is 304 g/mol. The van der Waals surface area contributed by atoms with Gasteiger partial charge in [0.25, 0.3) is 0 Å². The zero-order valence-corrected chi connectivity index (χ0v) is 11.1. The number of aromatic nitrogens is 1. The molecule has 0 aliphatic rings. The van der Waals surface area contributed by atoms with Crippen LogP contribution in [0.5, 0.6) is 5.75 Å². The van der Waals surface area contributed by atoms with Gasteiger partial charge in [-0.2, -0.15) is 0 Å². The lowest BCUT2D eigenvalue weighted by atomic mass is 10.2. The summed E-state index contributed by atoms with van der Waals surface area (Å²) in [6, 6.07) is 0. The van der Waals surface area contributed by atoms with Crippen LogP contribution in [0.15, 0.2) is 16.9 Å². The van der Waals surface area contributed by atoms with Crippen molar-refractivity contribution in [2.75, 3.05) is 14.2 Å². The van der Waals surface area contributed by atoms with Crippen LogP contribution < -0.4 is 10.1 Å². The largest absolute Gasteiger partial charge is 0.495 e. The molecule has 0 bridgehead atoms. The first-order valence-corrected chi connectivity index (χ1v) is 4.40. The number of rotatable bonds is 3. The van der Waals surface area contributed by atoms with Crippen molar-refractivity contribution in [3.8, 4) is 5.75 Å². The normalized spacial score (nSPS) is 8.50. The Morgan fingerprint density at radius 3 is 2.57 bits per heavy atom. The number of hydrogen-bond donors (Lipinski definition) is 1. The SMILES string of the molecule is CNCc1c(Br)cncc1OC.Cl.Cl. The van der Waals surface area contributed by atoms with Crippen LogP contribution in [0.25, 0.3) is 0 Å². The maximum absolute atomic E-state index is 5.15. The highest BCUT2D eigenvalue weighted by molar-refractivity contribution is 9.10. The van der Waals surface area contributed by atoms with Crippen LogP contribution in [-0.4, -0.2) is 19.1 Å². The second kappa shape index (κ2) is 8.29. The predicted octanol–water partition coefficient (Wildman–Crippen LogP) is 2.42. The van der Waals surface area contributed by atoms with Gasteiger partial charge in [-0.25, -0.2) is 0 Å². The molecule has 1 aromatic heterocycles. The zero-order valence-electron chi connectivity index (χ0n) is 7.91. The van der Waals surface area contributed by atoms with E-state index in [0.717, 1.165) is 22.3 Å². The summed E-state index contributed by atoms with van der Waals surface area (Å²) in [7, 11) is 3.54. The van der Waals surface area contributed by atoms with Crippen LogP contribution in [0.3, 0.4) is 0 Å². The summed E-state index contributed by atoms with van der Waals surface area (Å²) in [6.07, 6.45) is 3.46. The Balaban J connectivity index is 0. The van der Waals surface area contributed by atoms with E-state index in [1.165, 1.54) is 0 Å². The number of ether oxygens (including phenoxy) is 1. The van der Waals surface area contributed by atoms with E-state index in [4.69, 9.17) is 4.74 Å². The van der Waals surface area contributed by atoms with E-state index in [0.29, 0.717) is 0 Å². The fourth-order valence-corrected chi connectivity index (χ4v) is 1.42. The Morgan fingerprint density at radius 2 is 2.07 bits per heavy atom. The highest BCUT2D eigenvalue weighted by Crippen LogP contribution is 2.24. The number of nitrogens with one attached hydrogen (secondary N) is 1. The van der Waals surface area contributed by atoms with Gasteiger partial charge in [-0.05, 0) is 23.0 Å². The quantitative estimate of drug-likeness (QED) is 0.931. The topological polar surface area (TPSA) is 34.2 Å². The van der Waals surface area contributed by atoms with Crippen LogP contribution >= 0.6 is 40.7 Å². The second-order valence-corrected chi connectivity index (χ2v) is 3.19. The van der Waals surface area contributed by atoms with Crippen LogP contribution in [-0.2, 0) is 6.54 Å². The third-order valence-electron chi connectivity index (χ3n) is 1.54. The van der Waals surface area contributed by atoms with Crippen molar-refractivity contribution in [3.63, 3.8) is 0 Å².